The molecular weight excluding hydrogens is 427 g/mol. The number of likely N-dealkylation sites (tertiary alicyclic amines) is 1. The van der Waals surface area contributed by atoms with Crippen LogP contribution >= 0.6 is 24.0 Å². The third-order valence-electron chi connectivity index (χ3n) is 3.98. The molecule has 1 unspecified atom stereocenters. The summed E-state index contributed by atoms with van der Waals surface area (Å²) in [6, 6.07) is 10.6. The molecule has 1 aromatic carbocycles. The number of rotatable bonds is 4. The van der Waals surface area contributed by atoms with Gasteiger partial charge in [0.1, 0.15) is 6.54 Å². The Bertz CT molecular complexity index is 569. The highest BCUT2D eigenvalue weighted by atomic mass is 127. The average molecular weight is 458 g/mol. The van der Waals surface area contributed by atoms with Crippen LogP contribution in [0.3, 0.4) is 0 Å². The van der Waals surface area contributed by atoms with Crippen LogP contribution < -0.4 is 10.6 Å². The second kappa shape index (κ2) is 9.99. The number of amides is 1. The second-order valence-corrected chi connectivity index (χ2v) is 7.31. The molecule has 1 heterocycles. The van der Waals surface area contributed by atoms with E-state index in [4.69, 9.17) is 0 Å². The third kappa shape index (κ3) is 7.22. The van der Waals surface area contributed by atoms with Crippen molar-refractivity contribution < 1.29 is 4.79 Å². The highest BCUT2D eigenvalue weighted by Gasteiger charge is 2.26. The molecule has 25 heavy (non-hydrogen) atoms. The summed E-state index contributed by atoms with van der Waals surface area (Å²) in [7, 11) is 0. The van der Waals surface area contributed by atoms with E-state index in [9.17, 15) is 4.79 Å². The lowest BCUT2D eigenvalue weighted by atomic mass is 9.99. The molecule has 6 heteroatoms. The number of nitrogens with one attached hydrogen (secondary N) is 2. The first-order valence-electron chi connectivity index (χ1n) is 8.78. The van der Waals surface area contributed by atoms with E-state index >= 15 is 0 Å². The monoisotopic (exact) mass is 458 g/mol. The van der Waals surface area contributed by atoms with Gasteiger partial charge in [-0.3, -0.25) is 4.79 Å². The van der Waals surface area contributed by atoms with Gasteiger partial charge >= 0.3 is 0 Å². The standard InChI is InChI=1S/C19H30N4O.HI/c1-5-20-18(21-13-17(24)22-19(2,3)4)23-12-11-16(14-23)15-9-7-6-8-10-15;/h6-10,16H,5,11-14H2,1-4H3,(H,20,21)(H,22,24);1H. The minimum Gasteiger partial charge on any atom is -0.357 e. The molecule has 1 aliphatic rings. The predicted octanol–water partition coefficient (Wildman–Crippen LogP) is 2.97. The minimum absolute atomic E-state index is 0. The molecule has 0 bridgehead atoms. The highest BCUT2D eigenvalue weighted by molar-refractivity contribution is 14.0. The Kier molecular flexibility index (Phi) is 8.68. The summed E-state index contributed by atoms with van der Waals surface area (Å²) in [5.41, 5.74) is 1.15. The number of carbonyl (C=O) groups is 1. The van der Waals surface area contributed by atoms with Crippen molar-refractivity contribution in [3.05, 3.63) is 35.9 Å². The van der Waals surface area contributed by atoms with Crippen molar-refractivity contribution >= 4 is 35.8 Å². The molecule has 2 N–H and O–H groups in total. The van der Waals surface area contributed by atoms with Crippen LogP contribution in [0.1, 0.15) is 45.6 Å². The summed E-state index contributed by atoms with van der Waals surface area (Å²) in [5.74, 6) is 1.31. The Morgan fingerprint density at radius 1 is 1.28 bits per heavy atom. The molecule has 0 saturated carbocycles. The van der Waals surface area contributed by atoms with Crippen LogP contribution in [-0.4, -0.2) is 48.5 Å². The Balaban J connectivity index is 0.00000312. The molecule has 1 aromatic rings. The lowest BCUT2D eigenvalue weighted by molar-refractivity contribution is -0.121. The largest absolute Gasteiger partial charge is 0.357 e. The molecule has 1 atom stereocenters. The number of hydrogen-bond acceptors (Lipinski definition) is 2. The number of halogens is 1. The SMILES string of the molecule is CCNC(=NCC(=O)NC(C)(C)C)N1CCC(c2ccccc2)C1.I. The molecule has 0 aliphatic carbocycles. The zero-order valence-corrected chi connectivity index (χ0v) is 18.0. The smallest absolute Gasteiger partial charge is 0.242 e. The van der Waals surface area contributed by atoms with Gasteiger partial charge in [-0.1, -0.05) is 30.3 Å². The topological polar surface area (TPSA) is 56.7 Å². The van der Waals surface area contributed by atoms with Crippen molar-refractivity contribution in [2.75, 3.05) is 26.2 Å². The maximum absolute atomic E-state index is 12.0. The molecule has 1 aliphatic heterocycles. The molecular formula is C19H31IN4O. The van der Waals surface area contributed by atoms with Gasteiger partial charge in [-0.25, -0.2) is 4.99 Å². The second-order valence-electron chi connectivity index (χ2n) is 7.31. The summed E-state index contributed by atoms with van der Waals surface area (Å²) < 4.78 is 0. The number of guanidine groups is 1. The van der Waals surface area contributed by atoms with Gasteiger partial charge in [0.05, 0.1) is 0 Å². The van der Waals surface area contributed by atoms with Gasteiger partial charge in [0.25, 0.3) is 0 Å². The summed E-state index contributed by atoms with van der Waals surface area (Å²) in [4.78, 5) is 18.8. The van der Waals surface area contributed by atoms with Crippen molar-refractivity contribution in [2.45, 2.75) is 45.6 Å². The number of aliphatic imine (C=N–C) groups is 1. The Hall–Kier alpha value is -1.31. The van der Waals surface area contributed by atoms with Crippen molar-refractivity contribution in [2.24, 2.45) is 4.99 Å². The molecule has 1 fully saturated rings. The number of nitrogens with zero attached hydrogens (tertiary/aromatic N) is 2. The van der Waals surface area contributed by atoms with Crippen LogP contribution in [0.4, 0.5) is 0 Å². The molecule has 140 valence electrons. The summed E-state index contributed by atoms with van der Waals surface area (Å²) >= 11 is 0. The van der Waals surface area contributed by atoms with Crippen LogP contribution in [0.25, 0.3) is 0 Å². The molecule has 1 amide bonds. The maximum atomic E-state index is 12.0. The zero-order chi connectivity index (χ0) is 17.6. The van der Waals surface area contributed by atoms with Crippen molar-refractivity contribution in [3.63, 3.8) is 0 Å². The third-order valence-corrected chi connectivity index (χ3v) is 3.98. The molecule has 0 radical (unpaired) electrons. The summed E-state index contributed by atoms with van der Waals surface area (Å²) in [6.45, 7) is 10.8. The fourth-order valence-electron chi connectivity index (χ4n) is 2.98. The van der Waals surface area contributed by atoms with E-state index in [0.717, 1.165) is 32.0 Å². The molecule has 2 rings (SSSR count). The fraction of sp³-hybridized carbons (Fsp3) is 0.579. The average Bonchev–Trinajstić information content (AvgIpc) is 3.00. The van der Waals surface area contributed by atoms with E-state index in [1.807, 2.05) is 20.8 Å². The highest BCUT2D eigenvalue weighted by Crippen LogP contribution is 2.26. The van der Waals surface area contributed by atoms with Crippen molar-refractivity contribution in [1.82, 2.24) is 15.5 Å². The Morgan fingerprint density at radius 2 is 1.96 bits per heavy atom. The lowest BCUT2D eigenvalue weighted by Gasteiger charge is -2.23. The van der Waals surface area contributed by atoms with Crippen molar-refractivity contribution in [3.8, 4) is 0 Å². The van der Waals surface area contributed by atoms with Gasteiger partial charge in [0.15, 0.2) is 5.96 Å². The van der Waals surface area contributed by atoms with Crippen LogP contribution in [0.15, 0.2) is 35.3 Å². The first kappa shape index (κ1) is 21.7. The van der Waals surface area contributed by atoms with E-state index in [0.29, 0.717) is 5.92 Å². The number of carbonyl (C=O) groups excluding carboxylic acids is 1. The normalized spacial score (nSPS) is 17.8. The van der Waals surface area contributed by atoms with E-state index in [1.54, 1.807) is 0 Å². The number of benzene rings is 1. The molecule has 5 nitrogen and oxygen atoms in total. The van der Waals surface area contributed by atoms with Crippen LogP contribution in [0.5, 0.6) is 0 Å². The number of hydrogen-bond donors (Lipinski definition) is 2. The molecule has 1 saturated heterocycles. The first-order chi connectivity index (χ1) is 11.4. The molecule has 0 spiro atoms. The summed E-state index contributed by atoms with van der Waals surface area (Å²) in [6.07, 6.45) is 1.11. The van der Waals surface area contributed by atoms with Crippen LogP contribution in [-0.2, 0) is 4.79 Å². The lowest BCUT2D eigenvalue weighted by Crippen LogP contribution is -2.44. The molecule has 0 aromatic heterocycles. The van der Waals surface area contributed by atoms with Crippen LogP contribution in [0, 0.1) is 0 Å². The van der Waals surface area contributed by atoms with Crippen molar-refractivity contribution in [1.29, 1.82) is 0 Å². The quantitative estimate of drug-likeness (QED) is 0.415. The van der Waals surface area contributed by atoms with E-state index < -0.39 is 0 Å². The van der Waals surface area contributed by atoms with Gasteiger partial charge in [-0.15, -0.1) is 24.0 Å². The van der Waals surface area contributed by atoms with Gasteiger partial charge in [-0.2, -0.15) is 0 Å². The van der Waals surface area contributed by atoms with E-state index in [2.05, 4.69) is 57.8 Å². The summed E-state index contributed by atoms with van der Waals surface area (Å²) in [5, 5.41) is 6.26. The maximum Gasteiger partial charge on any atom is 0.242 e. The van der Waals surface area contributed by atoms with E-state index in [-0.39, 0.29) is 42.0 Å². The van der Waals surface area contributed by atoms with E-state index in [1.165, 1.54) is 5.56 Å². The van der Waals surface area contributed by atoms with Gasteiger partial charge < -0.3 is 15.5 Å². The van der Waals surface area contributed by atoms with Gasteiger partial charge in [0.2, 0.25) is 5.91 Å². The minimum atomic E-state index is -0.225. The van der Waals surface area contributed by atoms with Gasteiger partial charge in [-0.05, 0) is 39.7 Å². The first-order valence-corrected chi connectivity index (χ1v) is 8.78. The van der Waals surface area contributed by atoms with Crippen LogP contribution in [0.2, 0.25) is 0 Å². The van der Waals surface area contributed by atoms with Gasteiger partial charge in [0, 0.05) is 31.1 Å². The predicted molar refractivity (Wildman–Crippen MR) is 115 cm³/mol. The Labute approximate surface area is 168 Å². The fourth-order valence-corrected chi connectivity index (χ4v) is 2.98. The Morgan fingerprint density at radius 3 is 2.56 bits per heavy atom. The zero-order valence-electron chi connectivity index (χ0n) is 15.7.